The second kappa shape index (κ2) is 11.1. The van der Waals surface area contributed by atoms with Crippen molar-refractivity contribution in [2.24, 2.45) is 0 Å². The molecule has 2 aromatic carbocycles. The van der Waals surface area contributed by atoms with E-state index in [-0.39, 0.29) is 6.61 Å². The molecule has 1 aliphatic rings. The Kier molecular flexibility index (Phi) is 7.68. The number of hydrogen-bond acceptors (Lipinski definition) is 6. The fraction of sp³-hybridized carbons (Fsp3) is 0.333. The maximum Gasteiger partial charge on any atom is 0.411 e. The molecule has 32 heavy (non-hydrogen) atoms. The second-order valence-corrected chi connectivity index (χ2v) is 8.78. The molecule has 0 unspecified atom stereocenters. The van der Waals surface area contributed by atoms with Gasteiger partial charge in [-0.3, -0.25) is 10.4 Å². The molecule has 8 heteroatoms. The van der Waals surface area contributed by atoms with Crippen LogP contribution in [0.15, 0.2) is 59.8 Å². The summed E-state index contributed by atoms with van der Waals surface area (Å²) in [5.41, 5.74) is 3.69. The van der Waals surface area contributed by atoms with Crippen LogP contribution >= 0.6 is 11.8 Å². The summed E-state index contributed by atoms with van der Waals surface area (Å²) in [7, 11) is 1.61. The Morgan fingerprint density at radius 1 is 1.19 bits per heavy atom. The Bertz CT molecular complexity index is 1020. The van der Waals surface area contributed by atoms with Crippen LogP contribution in [0.1, 0.15) is 18.4 Å². The third-order valence-corrected chi connectivity index (χ3v) is 6.45. The number of thioether (sulfide) groups is 1. The molecule has 1 amide bonds. The summed E-state index contributed by atoms with van der Waals surface area (Å²) in [5, 5.41) is 9.80. The smallest absolute Gasteiger partial charge is 0.411 e. The number of nitrogens with one attached hydrogen (secondary N) is 2. The van der Waals surface area contributed by atoms with E-state index in [0.717, 1.165) is 45.3 Å². The quantitative estimate of drug-likeness (QED) is 0.444. The standard InChI is InChI=1S/C24H28N4O3S/c1-30-21-6-4-5-18(13-21)17-31-24(29)27-22-8-7-19(20-15-25-26-16-20)14-23(22)32-12-11-28-9-2-3-10-28/h4-8,13-16H,2-3,9-12,17H2,1H3,(H,25,26)(H,27,29). The molecule has 0 saturated carbocycles. The summed E-state index contributed by atoms with van der Waals surface area (Å²) in [5.74, 6) is 1.69. The fourth-order valence-electron chi connectivity index (χ4n) is 3.68. The molecule has 168 valence electrons. The first kappa shape index (κ1) is 22.2. The minimum atomic E-state index is -0.481. The lowest BCUT2D eigenvalue weighted by atomic mass is 10.1. The maximum absolute atomic E-state index is 12.5. The van der Waals surface area contributed by atoms with E-state index in [2.05, 4.69) is 26.5 Å². The Morgan fingerprint density at radius 3 is 2.84 bits per heavy atom. The van der Waals surface area contributed by atoms with Crippen molar-refractivity contribution in [1.29, 1.82) is 0 Å². The highest BCUT2D eigenvalue weighted by molar-refractivity contribution is 7.99. The van der Waals surface area contributed by atoms with Crippen LogP contribution in [0.25, 0.3) is 11.1 Å². The van der Waals surface area contributed by atoms with Crippen LogP contribution in [-0.2, 0) is 11.3 Å². The van der Waals surface area contributed by atoms with Gasteiger partial charge in [-0.1, -0.05) is 18.2 Å². The molecule has 0 spiro atoms. The van der Waals surface area contributed by atoms with Gasteiger partial charge in [-0.05, 0) is 61.3 Å². The van der Waals surface area contributed by atoms with Gasteiger partial charge in [0.05, 0.1) is 19.0 Å². The summed E-state index contributed by atoms with van der Waals surface area (Å²) in [6.45, 7) is 3.57. The highest BCUT2D eigenvalue weighted by Gasteiger charge is 2.14. The first-order chi connectivity index (χ1) is 15.7. The van der Waals surface area contributed by atoms with E-state index in [1.54, 1.807) is 25.1 Å². The van der Waals surface area contributed by atoms with Crippen LogP contribution in [-0.4, -0.2) is 53.7 Å². The Balaban J connectivity index is 1.41. The molecule has 1 saturated heterocycles. The third-order valence-electron chi connectivity index (χ3n) is 5.42. The van der Waals surface area contributed by atoms with E-state index >= 15 is 0 Å². The second-order valence-electron chi connectivity index (χ2n) is 7.65. The highest BCUT2D eigenvalue weighted by Crippen LogP contribution is 2.32. The van der Waals surface area contributed by atoms with Gasteiger partial charge in [0.25, 0.3) is 0 Å². The molecule has 3 aromatic rings. The number of carbonyl (C=O) groups is 1. The number of nitrogens with zero attached hydrogens (tertiary/aromatic N) is 2. The molecule has 0 radical (unpaired) electrons. The first-order valence-corrected chi connectivity index (χ1v) is 11.7. The molecule has 2 heterocycles. The van der Waals surface area contributed by atoms with Crippen molar-refractivity contribution in [3.05, 3.63) is 60.4 Å². The van der Waals surface area contributed by atoms with Gasteiger partial charge in [0, 0.05) is 29.0 Å². The van der Waals surface area contributed by atoms with Crippen molar-refractivity contribution in [1.82, 2.24) is 15.1 Å². The molecular weight excluding hydrogens is 424 g/mol. The van der Waals surface area contributed by atoms with Crippen LogP contribution in [0, 0.1) is 0 Å². The van der Waals surface area contributed by atoms with Gasteiger partial charge in [-0.15, -0.1) is 11.8 Å². The average molecular weight is 453 g/mol. The molecule has 0 bridgehead atoms. The van der Waals surface area contributed by atoms with E-state index in [0.29, 0.717) is 0 Å². The predicted molar refractivity (Wildman–Crippen MR) is 127 cm³/mol. The van der Waals surface area contributed by atoms with Gasteiger partial charge >= 0.3 is 6.09 Å². The van der Waals surface area contributed by atoms with Gasteiger partial charge < -0.3 is 14.4 Å². The Labute approximate surface area is 192 Å². The highest BCUT2D eigenvalue weighted by atomic mass is 32.2. The van der Waals surface area contributed by atoms with Gasteiger partial charge in [0.1, 0.15) is 12.4 Å². The topological polar surface area (TPSA) is 79.5 Å². The van der Waals surface area contributed by atoms with Gasteiger partial charge in [0.2, 0.25) is 0 Å². The number of H-pyrrole nitrogens is 1. The Morgan fingerprint density at radius 2 is 2.06 bits per heavy atom. The SMILES string of the molecule is COc1cccc(COC(=O)Nc2ccc(-c3cn[nH]c3)cc2SCCN2CCCC2)c1. The number of rotatable bonds is 9. The lowest BCUT2D eigenvalue weighted by Gasteiger charge is -2.16. The lowest BCUT2D eigenvalue weighted by molar-refractivity contribution is 0.155. The van der Waals surface area contributed by atoms with Gasteiger partial charge in [-0.2, -0.15) is 5.10 Å². The van der Waals surface area contributed by atoms with Gasteiger partial charge in [0.15, 0.2) is 0 Å². The number of aromatic nitrogens is 2. The molecule has 7 nitrogen and oxygen atoms in total. The fourth-order valence-corrected chi connectivity index (χ4v) is 4.74. The van der Waals surface area contributed by atoms with Crippen molar-refractivity contribution >= 4 is 23.5 Å². The number of benzene rings is 2. The predicted octanol–water partition coefficient (Wildman–Crippen LogP) is 5.02. The zero-order chi connectivity index (χ0) is 22.2. The minimum absolute atomic E-state index is 0.174. The van der Waals surface area contributed by atoms with Crippen molar-refractivity contribution in [3.63, 3.8) is 0 Å². The monoisotopic (exact) mass is 452 g/mol. The number of ether oxygens (including phenoxy) is 2. The average Bonchev–Trinajstić information content (AvgIpc) is 3.53. The zero-order valence-electron chi connectivity index (χ0n) is 18.2. The number of carbonyl (C=O) groups excluding carboxylic acids is 1. The normalized spacial score (nSPS) is 13.8. The molecule has 1 aromatic heterocycles. The maximum atomic E-state index is 12.5. The molecule has 1 aliphatic heterocycles. The van der Waals surface area contributed by atoms with E-state index in [4.69, 9.17) is 9.47 Å². The van der Waals surface area contributed by atoms with E-state index < -0.39 is 6.09 Å². The van der Waals surface area contributed by atoms with Crippen molar-refractivity contribution < 1.29 is 14.3 Å². The van der Waals surface area contributed by atoms with E-state index in [1.165, 1.54) is 25.9 Å². The number of anilines is 1. The van der Waals surface area contributed by atoms with Crippen LogP contribution < -0.4 is 10.1 Å². The number of likely N-dealkylation sites (tertiary alicyclic amines) is 1. The van der Waals surface area contributed by atoms with Crippen LogP contribution in [0.5, 0.6) is 5.75 Å². The van der Waals surface area contributed by atoms with Crippen LogP contribution in [0.3, 0.4) is 0 Å². The molecular formula is C24H28N4O3S. The molecule has 0 aliphatic carbocycles. The van der Waals surface area contributed by atoms with E-state index in [9.17, 15) is 4.79 Å². The minimum Gasteiger partial charge on any atom is -0.497 e. The summed E-state index contributed by atoms with van der Waals surface area (Å²) < 4.78 is 10.7. The van der Waals surface area contributed by atoms with Crippen molar-refractivity contribution in [3.8, 4) is 16.9 Å². The third kappa shape index (κ3) is 6.05. The summed E-state index contributed by atoms with van der Waals surface area (Å²) in [6.07, 6.45) is 5.75. The zero-order valence-corrected chi connectivity index (χ0v) is 19.0. The summed E-state index contributed by atoms with van der Waals surface area (Å²) >= 11 is 1.75. The summed E-state index contributed by atoms with van der Waals surface area (Å²) in [6, 6.07) is 13.5. The largest absolute Gasteiger partial charge is 0.497 e. The molecule has 2 N–H and O–H groups in total. The van der Waals surface area contributed by atoms with Crippen LogP contribution in [0.2, 0.25) is 0 Å². The van der Waals surface area contributed by atoms with Gasteiger partial charge in [-0.25, -0.2) is 4.79 Å². The van der Waals surface area contributed by atoms with Crippen LogP contribution in [0.4, 0.5) is 10.5 Å². The Hall–Kier alpha value is -2.97. The van der Waals surface area contributed by atoms with E-state index in [1.807, 2.05) is 42.6 Å². The van der Waals surface area contributed by atoms with Crippen molar-refractivity contribution in [2.45, 2.75) is 24.3 Å². The molecule has 4 rings (SSSR count). The number of hydrogen-bond donors (Lipinski definition) is 2. The number of methoxy groups -OCH3 is 1. The lowest BCUT2D eigenvalue weighted by Crippen LogP contribution is -2.22. The summed E-state index contributed by atoms with van der Waals surface area (Å²) in [4.78, 5) is 16.0. The molecule has 0 atom stereocenters. The number of aromatic amines is 1. The first-order valence-electron chi connectivity index (χ1n) is 10.8. The van der Waals surface area contributed by atoms with Crippen molar-refractivity contribution in [2.75, 3.05) is 37.8 Å². The molecule has 1 fully saturated rings. The number of amides is 1.